The number of aromatic nitrogens is 3. The first-order valence-corrected chi connectivity index (χ1v) is 7.77. The van der Waals surface area contributed by atoms with Crippen LogP contribution in [-0.4, -0.2) is 26.7 Å². The van der Waals surface area contributed by atoms with Crippen molar-refractivity contribution in [2.45, 2.75) is 33.5 Å². The lowest BCUT2D eigenvalue weighted by Gasteiger charge is -2.17. The smallest absolute Gasteiger partial charge is 0.138 e. The molecule has 0 aliphatic rings. The maximum Gasteiger partial charge on any atom is 0.138 e. The summed E-state index contributed by atoms with van der Waals surface area (Å²) < 4.78 is 7.43. The Morgan fingerprint density at radius 2 is 1.91 bits per heavy atom. The maximum atomic E-state index is 5.24. The van der Waals surface area contributed by atoms with E-state index in [0.29, 0.717) is 0 Å². The van der Waals surface area contributed by atoms with Crippen LogP contribution in [0.5, 0.6) is 0 Å². The Hall–Kier alpha value is -2.40. The number of rotatable bonds is 6. The van der Waals surface area contributed by atoms with Crippen molar-refractivity contribution in [3.63, 3.8) is 0 Å². The van der Waals surface area contributed by atoms with Crippen LogP contribution in [0, 0.1) is 13.8 Å². The van der Waals surface area contributed by atoms with Gasteiger partial charge in [0.2, 0.25) is 0 Å². The lowest BCUT2D eigenvalue weighted by Crippen LogP contribution is -2.21. The van der Waals surface area contributed by atoms with Crippen LogP contribution in [0.1, 0.15) is 28.4 Å². The van der Waals surface area contributed by atoms with E-state index in [2.05, 4.69) is 50.9 Å². The zero-order valence-electron chi connectivity index (χ0n) is 13.9. The number of benzene rings is 1. The lowest BCUT2D eigenvalue weighted by molar-refractivity contribution is 0.302. The third-order valence-electron chi connectivity index (χ3n) is 4.02. The van der Waals surface area contributed by atoms with Gasteiger partial charge in [0.15, 0.2) is 0 Å². The van der Waals surface area contributed by atoms with Gasteiger partial charge in [-0.05, 0) is 26.5 Å². The van der Waals surface area contributed by atoms with Crippen LogP contribution in [0.4, 0.5) is 0 Å². The third kappa shape index (κ3) is 3.68. The summed E-state index contributed by atoms with van der Waals surface area (Å²) in [5.74, 6) is 1.95. The zero-order chi connectivity index (χ0) is 16.2. The van der Waals surface area contributed by atoms with E-state index >= 15 is 0 Å². The lowest BCUT2D eigenvalue weighted by atomic mass is 10.2. The summed E-state index contributed by atoms with van der Waals surface area (Å²) in [6.07, 6.45) is 3.90. The zero-order valence-corrected chi connectivity index (χ0v) is 13.9. The largest absolute Gasteiger partial charge is 0.361 e. The van der Waals surface area contributed by atoms with Gasteiger partial charge >= 0.3 is 0 Å². The molecule has 0 saturated carbocycles. The van der Waals surface area contributed by atoms with Gasteiger partial charge in [-0.1, -0.05) is 35.5 Å². The van der Waals surface area contributed by atoms with Gasteiger partial charge in [-0.25, -0.2) is 4.98 Å². The average Bonchev–Trinajstić information content (AvgIpc) is 3.10. The second kappa shape index (κ2) is 6.79. The molecule has 0 saturated heterocycles. The Bertz CT molecular complexity index is 741. The molecule has 120 valence electrons. The molecule has 3 rings (SSSR count). The minimum Gasteiger partial charge on any atom is -0.361 e. The minimum atomic E-state index is 0.782. The van der Waals surface area contributed by atoms with Crippen LogP contribution in [-0.2, 0) is 19.6 Å². The summed E-state index contributed by atoms with van der Waals surface area (Å²) in [5.41, 5.74) is 3.40. The number of hydrogen-bond acceptors (Lipinski definition) is 4. The molecule has 0 aliphatic heterocycles. The molecule has 0 fully saturated rings. The standard InChI is InChI=1S/C18H22N4O/c1-14-17(15(2)23-20-14)12-21(3)13-18-19-9-10-22(18)11-16-7-5-4-6-8-16/h4-10H,11-13H2,1-3H3. The topological polar surface area (TPSA) is 47.1 Å². The Balaban J connectivity index is 1.68. The summed E-state index contributed by atoms with van der Waals surface area (Å²) in [5, 5.41) is 4.02. The van der Waals surface area contributed by atoms with Crippen molar-refractivity contribution in [3.8, 4) is 0 Å². The Kier molecular flexibility index (Phi) is 4.57. The van der Waals surface area contributed by atoms with Crippen molar-refractivity contribution >= 4 is 0 Å². The molecule has 0 N–H and O–H groups in total. The second-order valence-electron chi connectivity index (χ2n) is 5.93. The van der Waals surface area contributed by atoms with Gasteiger partial charge in [-0.15, -0.1) is 0 Å². The molecule has 0 bridgehead atoms. The highest BCUT2D eigenvalue weighted by Crippen LogP contribution is 2.15. The van der Waals surface area contributed by atoms with Crippen molar-refractivity contribution in [2.75, 3.05) is 7.05 Å². The van der Waals surface area contributed by atoms with Crippen molar-refractivity contribution in [1.82, 2.24) is 19.6 Å². The highest BCUT2D eigenvalue weighted by atomic mass is 16.5. The van der Waals surface area contributed by atoms with E-state index in [9.17, 15) is 0 Å². The van der Waals surface area contributed by atoms with Gasteiger partial charge in [-0.3, -0.25) is 4.90 Å². The molecule has 5 nitrogen and oxygen atoms in total. The first-order valence-electron chi connectivity index (χ1n) is 7.77. The molecule has 0 radical (unpaired) electrons. The molecular weight excluding hydrogens is 288 g/mol. The van der Waals surface area contributed by atoms with Crippen LogP contribution >= 0.6 is 0 Å². The van der Waals surface area contributed by atoms with Gasteiger partial charge in [0.05, 0.1) is 12.2 Å². The summed E-state index contributed by atoms with van der Waals surface area (Å²) in [6, 6.07) is 10.4. The highest BCUT2D eigenvalue weighted by Gasteiger charge is 2.13. The Labute approximate surface area is 136 Å². The van der Waals surface area contributed by atoms with E-state index in [4.69, 9.17) is 4.52 Å². The van der Waals surface area contributed by atoms with E-state index in [-0.39, 0.29) is 0 Å². The first kappa shape index (κ1) is 15.5. The Morgan fingerprint density at radius 3 is 2.61 bits per heavy atom. The Morgan fingerprint density at radius 1 is 1.13 bits per heavy atom. The molecule has 2 heterocycles. The maximum absolute atomic E-state index is 5.24. The molecule has 0 aliphatic carbocycles. The predicted molar refractivity (Wildman–Crippen MR) is 88.9 cm³/mol. The summed E-state index contributed by atoms with van der Waals surface area (Å²) in [6.45, 7) is 6.37. The van der Waals surface area contributed by atoms with E-state index in [0.717, 1.165) is 42.5 Å². The number of imidazole rings is 1. The van der Waals surface area contributed by atoms with Crippen molar-refractivity contribution in [3.05, 3.63) is 71.1 Å². The average molecular weight is 310 g/mol. The summed E-state index contributed by atoms with van der Waals surface area (Å²) in [7, 11) is 2.09. The van der Waals surface area contributed by atoms with Gasteiger partial charge < -0.3 is 9.09 Å². The van der Waals surface area contributed by atoms with Crippen molar-refractivity contribution in [1.29, 1.82) is 0 Å². The second-order valence-corrected chi connectivity index (χ2v) is 5.93. The van der Waals surface area contributed by atoms with Gasteiger partial charge in [-0.2, -0.15) is 0 Å². The van der Waals surface area contributed by atoms with Crippen LogP contribution in [0.25, 0.3) is 0 Å². The van der Waals surface area contributed by atoms with E-state index in [1.54, 1.807) is 0 Å². The van der Waals surface area contributed by atoms with Crippen LogP contribution in [0.15, 0.2) is 47.2 Å². The quantitative estimate of drug-likeness (QED) is 0.701. The monoisotopic (exact) mass is 310 g/mol. The summed E-state index contributed by atoms with van der Waals surface area (Å²) >= 11 is 0. The highest BCUT2D eigenvalue weighted by molar-refractivity contribution is 5.20. The van der Waals surface area contributed by atoms with Gasteiger partial charge in [0.25, 0.3) is 0 Å². The molecule has 1 aromatic carbocycles. The SMILES string of the molecule is Cc1noc(C)c1CN(C)Cc1nccn1Cc1ccccc1. The van der Waals surface area contributed by atoms with E-state index < -0.39 is 0 Å². The van der Waals surface area contributed by atoms with E-state index in [1.165, 1.54) is 5.56 Å². The number of hydrogen-bond donors (Lipinski definition) is 0. The van der Waals surface area contributed by atoms with Gasteiger partial charge in [0.1, 0.15) is 11.6 Å². The summed E-state index contributed by atoms with van der Waals surface area (Å²) in [4.78, 5) is 6.74. The molecule has 0 amide bonds. The van der Waals surface area contributed by atoms with Crippen molar-refractivity contribution in [2.24, 2.45) is 0 Å². The van der Waals surface area contributed by atoms with Crippen LogP contribution in [0.2, 0.25) is 0 Å². The first-order chi connectivity index (χ1) is 11.1. The molecule has 0 spiro atoms. The van der Waals surface area contributed by atoms with Crippen LogP contribution in [0.3, 0.4) is 0 Å². The molecule has 3 aromatic rings. The number of nitrogens with zero attached hydrogens (tertiary/aromatic N) is 4. The van der Waals surface area contributed by atoms with Crippen molar-refractivity contribution < 1.29 is 4.52 Å². The molecule has 2 aromatic heterocycles. The third-order valence-corrected chi connectivity index (χ3v) is 4.02. The van der Waals surface area contributed by atoms with Crippen LogP contribution < -0.4 is 0 Å². The fourth-order valence-corrected chi connectivity index (χ4v) is 2.71. The molecule has 23 heavy (non-hydrogen) atoms. The number of aryl methyl sites for hydroxylation is 2. The molecule has 5 heteroatoms. The van der Waals surface area contributed by atoms with E-state index in [1.807, 2.05) is 32.3 Å². The molecule has 0 atom stereocenters. The minimum absolute atomic E-state index is 0.782. The normalized spacial score (nSPS) is 11.3. The fourth-order valence-electron chi connectivity index (χ4n) is 2.71. The fraction of sp³-hybridized carbons (Fsp3) is 0.333. The molecule has 0 unspecified atom stereocenters. The predicted octanol–water partition coefficient (Wildman–Crippen LogP) is 3.17. The van der Waals surface area contributed by atoms with Gasteiger partial charge in [0, 0.05) is 31.0 Å². The molecular formula is C18H22N4O.